The Morgan fingerprint density at radius 1 is 0.973 bits per heavy atom. The zero-order valence-corrected chi connectivity index (χ0v) is 22.0. The zero-order valence-electron chi connectivity index (χ0n) is 22.0. The number of aliphatic carboxylic acids is 1. The molecule has 0 aromatic heterocycles. The van der Waals surface area contributed by atoms with E-state index in [9.17, 15) is 14.7 Å². The molecule has 4 fully saturated rings. The Bertz CT molecular complexity index is 942. The standard InChI is InChI=1S/C26H42N8O3/c1-26(2,24(36)37)34-15-13-32(14-16-34)19-9-7-18(8-10-19)28-22-21-20(17-27-31-23(21)35)29-25(30-22)33-11-5-3-4-6-12-33/h7-10,20-22,25,27-30H,3-6,11-17H2,1-2H3,(H,31,35)(H,36,37). The fourth-order valence-corrected chi connectivity index (χ4v) is 6.01. The highest BCUT2D eigenvalue weighted by Crippen LogP contribution is 2.26. The number of carbonyl (C=O) groups excluding carboxylic acids is 1. The van der Waals surface area contributed by atoms with Crippen LogP contribution in [-0.2, 0) is 9.59 Å². The fourth-order valence-electron chi connectivity index (χ4n) is 6.01. The number of nitrogens with zero attached hydrogens (tertiary/aromatic N) is 3. The molecular formula is C26H42N8O3. The van der Waals surface area contributed by atoms with Gasteiger partial charge in [-0.15, -0.1) is 0 Å². The van der Waals surface area contributed by atoms with E-state index < -0.39 is 11.5 Å². The molecule has 0 saturated carbocycles. The lowest BCUT2D eigenvalue weighted by Crippen LogP contribution is -2.76. The summed E-state index contributed by atoms with van der Waals surface area (Å²) in [6, 6.07) is 8.39. The van der Waals surface area contributed by atoms with Crippen LogP contribution < -0.4 is 31.7 Å². The Labute approximate surface area is 219 Å². The molecule has 1 aromatic rings. The van der Waals surface area contributed by atoms with Gasteiger partial charge in [-0.05, 0) is 51.0 Å². The van der Waals surface area contributed by atoms with Crippen molar-refractivity contribution in [2.45, 2.75) is 63.6 Å². The number of benzene rings is 1. The van der Waals surface area contributed by atoms with E-state index in [2.05, 4.69) is 60.9 Å². The number of anilines is 2. The minimum absolute atomic E-state index is 0.0122. The van der Waals surface area contributed by atoms with Crippen LogP contribution in [0.4, 0.5) is 11.4 Å². The van der Waals surface area contributed by atoms with E-state index >= 15 is 0 Å². The van der Waals surface area contributed by atoms with Gasteiger partial charge in [0.25, 0.3) is 0 Å². The van der Waals surface area contributed by atoms with Crippen molar-refractivity contribution >= 4 is 23.3 Å². The van der Waals surface area contributed by atoms with Crippen molar-refractivity contribution in [1.29, 1.82) is 0 Å². The summed E-state index contributed by atoms with van der Waals surface area (Å²) < 4.78 is 0. The monoisotopic (exact) mass is 514 g/mol. The van der Waals surface area contributed by atoms with Gasteiger partial charge in [-0.2, -0.15) is 0 Å². The average molecular weight is 515 g/mol. The van der Waals surface area contributed by atoms with Crippen LogP contribution in [0.1, 0.15) is 39.5 Å². The Morgan fingerprint density at radius 2 is 1.65 bits per heavy atom. The maximum Gasteiger partial charge on any atom is 0.323 e. The Balaban J connectivity index is 1.24. The number of rotatable bonds is 6. The Hall–Kier alpha value is -2.44. The van der Waals surface area contributed by atoms with E-state index in [1.807, 2.05) is 4.90 Å². The van der Waals surface area contributed by atoms with Crippen molar-refractivity contribution in [3.8, 4) is 0 Å². The predicted octanol–water partition coefficient (Wildman–Crippen LogP) is 0.381. The average Bonchev–Trinajstić information content (AvgIpc) is 3.19. The molecule has 11 nitrogen and oxygen atoms in total. The first-order valence-corrected chi connectivity index (χ1v) is 13.7. The maximum absolute atomic E-state index is 12.8. The molecule has 5 rings (SSSR count). The van der Waals surface area contributed by atoms with E-state index in [4.69, 9.17) is 0 Å². The lowest BCUT2D eigenvalue weighted by molar-refractivity contribution is -0.149. The largest absolute Gasteiger partial charge is 0.480 e. The number of carbonyl (C=O) groups is 2. The number of piperazine rings is 1. The molecule has 37 heavy (non-hydrogen) atoms. The summed E-state index contributed by atoms with van der Waals surface area (Å²) in [6.07, 6.45) is 4.78. The van der Waals surface area contributed by atoms with E-state index in [0.717, 1.165) is 37.6 Å². The van der Waals surface area contributed by atoms with Crippen LogP contribution in [0.15, 0.2) is 24.3 Å². The SMILES string of the molecule is CC(C)(C(=O)O)N1CCN(c2ccc(NC3NC(N4CCCCCC4)NC4CNNC(=O)C43)cc2)CC1. The molecule has 0 bridgehead atoms. The summed E-state index contributed by atoms with van der Waals surface area (Å²) in [4.78, 5) is 31.2. The van der Waals surface area contributed by atoms with Crippen LogP contribution in [-0.4, -0.2) is 96.6 Å². The second-order valence-electron chi connectivity index (χ2n) is 11.2. The van der Waals surface area contributed by atoms with Gasteiger partial charge in [0.1, 0.15) is 11.8 Å². The van der Waals surface area contributed by atoms with E-state index in [0.29, 0.717) is 19.6 Å². The van der Waals surface area contributed by atoms with Gasteiger partial charge < -0.3 is 15.3 Å². The third kappa shape index (κ3) is 5.70. The fraction of sp³-hybridized carbons (Fsp3) is 0.692. The number of hydrazine groups is 1. The zero-order chi connectivity index (χ0) is 26.0. The normalized spacial score (nSPS) is 30.2. The summed E-state index contributed by atoms with van der Waals surface area (Å²) in [7, 11) is 0. The van der Waals surface area contributed by atoms with Gasteiger partial charge in [0.2, 0.25) is 5.91 Å². The van der Waals surface area contributed by atoms with E-state index in [1.54, 1.807) is 13.8 Å². The van der Waals surface area contributed by atoms with Crippen molar-refractivity contribution < 1.29 is 14.7 Å². The molecule has 4 aliphatic heterocycles. The van der Waals surface area contributed by atoms with Gasteiger partial charge in [-0.1, -0.05) is 12.8 Å². The van der Waals surface area contributed by atoms with Gasteiger partial charge in [0.05, 0.1) is 12.1 Å². The van der Waals surface area contributed by atoms with E-state index in [1.165, 1.54) is 25.7 Å². The molecular weight excluding hydrogens is 472 g/mol. The molecule has 4 aliphatic rings. The number of nitrogens with one attached hydrogen (secondary N) is 5. The lowest BCUT2D eigenvalue weighted by atomic mass is 9.91. The molecule has 1 aromatic carbocycles. The topological polar surface area (TPSA) is 124 Å². The van der Waals surface area contributed by atoms with Gasteiger partial charge in [-0.3, -0.25) is 35.4 Å². The summed E-state index contributed by atoms with van der Waals surface area (Å²) in [5.74, 6) is -1.04. The predicted molar refractivity (Wildman–Crippen MR) is 143 cm³/mol. The first kappa shape index (κ1) is 26.2. The number of carboxylic acids is 1. The molecule has 204 valence electrons. The van der Waals surface area contributed by atoms with Crippen molar-refractivity contribution in [2.24, 2.45) is 5.92 Å². The number of hydrogen-bond acceptors (Lipinski definition) is 9. The van der Waals surface area contributed by atoms with Crippen LogP contribution in [0.2, 0.25) is 0 Å². The molecule has 0 radical (unpaired) electrons. The van der Waals surface area contributed by atoms with E-state index in [-0.39, 0.29) is 30.3 Å². The molecule has 4 heterocycles. The molecule has 0 spiro atoms. The van der Waals surface area contributed by atoms with Crippen LogP contribution in [0.5, 0.6) is 0 Å². The van der Waals surface area contributed by atoms with Gasteiger partial charge >= 0.3 is 5.97 Å². The summed E-state index contributed by atoms with van der Waals surface area (Å²) in [6.45, 7) is 9.33. The van der Waals surface area contributed by atoms with Crippen molar-refractivity contribution in [3.63, 3.8) is 0 Å². The quantitative estimate of drug-likeness (QED) is 0.318. The summed E-state index contributed by atoms with van der Waals surface area (Å²) >= 11 is 0. The number of likely N-dealkylation sites (tertiary alicyclic amines) is 1. The first-order chi connectivity index (χ1) is 17.8. The van der Waals surface area contributed by atoms with Crippen molar-refractivity contribution in [1.82, 2.24) is 31.3 Å². The second-order valence-corrected chi connectivity index (χ2v) is 11.2. The van der Waals surface area contributed by atoms with Crippen molar-refractivity contribution in [3.05, 3.63) is 24.3 Å². The molecule has 4 atom stereocenters. The number of amides is 1. The first-order valence-electron chi connectivity index (χ1n) is 13.7. The smallest absolute Gasteiger partial charge is 0.323 e. The van der Waals surface area contributed by atoms with Crippen molar-refractivity contribution in [2.75, 3.05) is 56.0 Å². The third-order valence-electron chi connectivity index (χ3n) is 8.49. The minimum atomic E-state index is -0.855. The lowest BCUT2D eigenvalue weighted by Gasteiger charge is -2.48. The maximum atomic E-state index is 12.8. The summed E-state index contributed by atoms with van der Waals surface area (Å²) in [5.41, 5.74) is 7.08. The number of fused-ring (bicyclic) bond motifs is 1. The second kappa shape index (κ2) is 11.1. The molecule has 1 amide bonds. The van der Waals surface area contributed by atoms with Crippen LogP contribution in [0, 0.1) is 5.92 Å². The Kier molecular flexibility index (Phi) is 7.87. The van der Waals surface area contributed by atoms with Gasteiger partial charge in [0.15, 0.2) is 0 Å². The molecule has 4 saturated heterocycles. The third-order valence-corrected chi connectivity index (χ3v) is 8.49. The van der Waals surface area contributed by atoms with Crippen LogP contribution in [0.25, 0.3) is 0 Å². The van der Waals surface area contributed by atoms with Gasteiger partial charge in [0, 0.05) is 63.2 Å². The van der Waals surface area contributed by atoms with Gasteiger partial charge in [-0.25, -0.2) is 5.43 Å². The minimum Gasteiger partial charge on any atom is -0.480 e. The highest BCUT2D eigenvalue weighted by atomic mass is 16.4. The molecule has 11 heteroatoms. The molecule has 0 aliphatic carbocycles. The number of carboxylic acid groups (broad SMARTS) is 1. The van der Waals surface area contributed by atoms with Crippen LogP contribution >= 0.6 is 0 Å². The van der Waals surface area contributed by atoms with Crippen LogP contribution in [0.3, 0.4) is 0 Å². The highest BCUT2D eigenvalue weighted by Gasteiger charge is 2.45. The molecule has 6 N–H and O–H groups in total. The molecule has 4 unspecified atom stereocenters. The highest BCUT2D eigenvalue weighted by molar-refractivity contribution is 5.81. The number of hydrogen-bond donors (Lipinski definition) is 6. The Morgan fingerprint density at radius 3 is 2.30 bits per heavy atom. The summed E-state index contributed by atoms with van der Waals surface area (Å²) in [5, 5.41) is 20.5.